The van der Waals surface area contributed by atoms with Crippen molar-refractivity contribution in [2.75, 3.05) is 6.61 Å². The van der Waals surface area contributed by atoms with Gasteiger partial charge in [0.05, 0.1) is 6.61 Å². The summed E-state index contributed by atoms with van der Waals surface area (Å²) in [7, 11) is 0. The summed E-state index contributed by atoms with van der Waals surface area (Å²) >= 11 is 0. The summed E-state index contributed by atoms with van der Waals surface area (Å²) in [6.45, 7) is 5.00. The van der Waals surface area contributed by atoms with Crippen LogP contribution in [0, 0.1) is 0 Å². The van der Waals surface area contributed by atoms with E-state index in [0.717, 1.165) is 0 Å². The van der Waals surface area contributed by atoms with E-state index in [0.29, 0.717) is 6.61 Å². The molecule has 0 atom stereocenters. The number of nitrogens with one attached hydrogen (secondary N) is 1. The Morgan fingerprint density at radius 1 is 1.31 bits per heavy atom. The topological polar surface area (TPSA) is 133 Å². The lowest BCUT2D eigenvalue weighted by molar-refractivity contribution is -0.140. The van der Waals surface area contributed by atoms with Crippen LogP contribution in [-0.2, 0) is 14.3 Å². The average Bonchev–Trinajstić information content (AvgIpc) is 2.09. The highest BCUT2D eigenvalue weighted by Gasteiger charge is 1.81. The second-order valence-corrected chi connectivity index (χ2v) is 1.63. The first-order valence-electron chi connectivity index (χ1n) is 3.48. The van der Waals surface area contributed by atoms with E-state index in [-0.39, 0.29) is 11.9 Å². The molecule has 0 spiro atoms. The highest BCUT2D eigenvalue weighted by atomic mass is 16.5. The summed E-state index contributed by atoms with van der Waals surface area (Å²) in [6.07, 6.45) is 0. The number of nitrogens with two attached hydrogens (primary N) is 3. The molecule has 7 N–H and O–H groups in total. The molecule has 1 amide bonds. The SMILES string of the molecule is CC(=O)NN.CCOC(C)=O.NN. The third-order valence-electron chi connectivity index (χ3n) is 0.551. The lowest BCUT2D eigenvalue weighted by Gasteiger charge is -1.89. The minimum absolute atomic E-state index is 0.211. The first-order valence-corrected chi connectivity index (χ1v) is 3.48. The number of esters is 1. The van der Waals surface area contributed by atoms with Crippen molar-refractivity contribution >= 4 is 11.9 Å². The second kappa shape index (κ2) is 17.1. The molecule has 0 aliphatic rings. The van der Waals surface area contributed by atoms with Gasteiger partial charge in [-0.3, -0.25) is 26.7 Å². The van der Waals surface area contributed by atoms with Crippen LogP contribution in [0.1, 0.15) is 20.8 Å². The summed E-state index contributed by atoms with van der Waals surface area (Å²) in [5.74, 6) is 12.1. The van der Waals surface area contributed by atoms with Gasteiger partial charge < -0.3 is 4.74 Å². The molecule has 7 nitrogen and oxygen atoms in total. The zero-order valence-corrected chi connectivity index (χ0v) is 8.16. The molecule has 0 heterocycles. The van der Waals surface area contributed by atoms with Crippen molar-refractivity contribution < 1.29 is 14.3 Å². The zero-order valence-electron chi connectivity index (χ0n) is 8.16. The Labute approximate surface area is 77.5 Å². The van der Waals surface area contributed by atoms with Gasteiger partial charge in [-0.2, -0.15) is 0 Å². The van der Waals surface area contributed by atoms with Crippen LogP contribution < -0.4 is 23.0 Å². The molecule has 0 unspecified atom stereocenters. The fourth-order valence-corrected chi connectivity index (χ4v) is 0.203. The second-order valence-electron chi connectivity index (χ2n) is 1.63. The van der Waals surface area contributed by atoms with Gasteiger partial charge in [-0.05, 0) is 6.92 Å². The molecule has 13 heavy (non-hydrogen) atoms. The van der Waals surface area contributed by atoms with Crippen molar-refractivity contribution in [1.82, 2.24) is 5.43 Å². The number of ether oxygens (including phenoxy) is 1. The van der Waals surface area contributed by atoms with Gasteiger partial charge in [-0.15, -0.1) is 0 Å². The minimum atomic E-state index is -0.218. The minimum Gasteiger partial charge on any atom is -0.466 e. The number of hydrogen-bond acceptors (Lipinski definition) is 6. The van der Waals surface area contributed by atoms with Gasteiger partial charge in [0.25, 0.3) is 0 Å². The van der Waals surface area contributed by atoms with Gasteiger partial charge in [0, 0.05) is 13.8 Å². The lowest BCUT2D eigenvalue weighted by Crippen LogP contribution is -2.26. The molecule has 0 rings (SSSR count). The molecule has 0 saturated carbocycles. The Hall–Kier alpha value is -1.18. The third-order valence-corrected chi connectivity index (χ3v) is 0.551. The van der Waals surface area contributed by atoms with E-state index in [4.69, 9.17) is 0 Å². The highest BCUT2D eigenvalue weighted by Crippen LogP contribution is 1.69. The van der Waals surface area contributed by atoms with E-state index in [1.54, 1.807) is 6.92 Å². The standard InChI is InChI=1S/C4H8O2.C2H6N2O.H4N2/c1-3-6-4(2)5;1-2(5)4-3;1-2/h3H2,1-2H3;3H2,1H3,(H,4,5);1-2H2. The number of carbonyl (C=O) groups is 2. The van der Waals surface area contributed by atoms with Crippen molar-refractivity contribution in [1.29, 1.82) is 0 Å². The van der Waals surface area contributed by atoms with E-state index in [2.05, 4.69) is 22.3 Å². The monoisotopic (exact) mass is 194 g/mol. The van der Waals surface area contributed by atoms with Crippen LogP contribution in [0.15, 0.2) is 0 Å². The van der Waals surface area contributed by atoms with E-state index >= 15 is 0 Å². The maximum atomic E-state index is 9.82. The van der Waals surface area contributed by atoms with Crippen molar-refractivity contribution in [2.45, 2.75) is 20.8 Å². The number of hydrogen-bond donors (Lipinski definition) is 4. The summed E-state index contributed by atoms with van der Waals surface area (Å²) in [5.41, 5.74) is 1.89. The lowest BCUT2D eigenvalue weighted by atomic mass is 10.8. The average molecular weight is 194 g/mol. The Balaban J connectivity index is -0.000000131. The van der Waals surface area contributed by atoms with Crippen LogP contribution in [0.5, 0.6) is 0 Å². The Kier molecular flexibility index (Phi) is 23.3. The van der Waals surface area contributed by atoms with E-state index in [1.165, 1.54) is 13.8 Å². The van der Waals surface area contributed by atoms with E-state index in [9.17, 15) is 9.59 Å². The van der Waals surface area contributed by atoms with Crippen LogP contribution in [0.25, 0.3) is 0 Å². The van der Waals surface area contributed by atoms with Crippen molar-refractivity contribution in [3.05, 3.63) is 0 Å². The molecule has 0 radical (unpaired) electrons. The number of amides is 1. The fraction of sp³-hybridized carbons (Fsp3) is 0.667. The summed E-state index contributed by atoms with van der Waals surface area (Å²) in [6, 6.07) is 0. The molecule has 0 fully saturated rings. The third kappa shape index (κ3) is 57.7. The van der Waals surface area contributed by atoms with Crippen molar-refractivity contribution in [3.63, 3.8) is 0 Å². The predicted molar refractivity (Wildman–Crippen MR) is 48.7 cm³/mol. The molecule has 0 bridgehead atoms. The number of rotatable bonds is 1. The quantitative estimate of drug-likeness (QED) is 0.172. The molecule has 0 aliphatic heterocycles. The van der Waals surface area contributed by atoms with Gasteiger partial charge in [-0.1, -0.05) is 0 Å². The first-order chi connectivity index (χ1) is 6.04. The summed E-state index contributed by atoms with van der Waals surface area (Å²) in [4.78, 5) is 19.4. The van der Waals surface area contributed by atoms with Gasteiger partial charge in [0.15, 0.2) is 0 Å². The predicted octanol–water partition coefficient (Wildman–Crippen LogP) is -1.62. The molecule has 0 aromatic carbocycles. The number of hydrazine groups is 2. The fourth-order valence-electron chi connectivity index (χ4n) is 0.203. The Morgan fingerprint density at radius 2 is 1.62 bits per heavy atom. The Bertz CT molecular complexity index is 129. The smallest absolute Gasteiger partial charge is 0.302 e. The van der Waals surface area contributed by atoms with Gasteiger partial charge in [0.2, 0.25) is 5.91 Å². The normalized spacial score (nSPS) is 6.62. The van der Waals surface area contributed by atoms with Gasteiger partial charge in [-0.25, -0.2) is 5.84 Å². The maximum absolute atomic E-state index is 9.82. The Morgan fingerprint density at radius 3 is 1.62 bits per heavy atom. The number of carbonyl (C=O) groups excluding carboxylic acids is 2. The molecule has 0 saturated heterocycles. The largest absolute Gasteiger partial charge is 0.466 e. The van der Waals surface area contributed by atoms with Crippen molar-refractivity contribution in [2.24, 2.45) is 17.5 Å². The molecular weight excluding hydrogens is 176 g/mol. The van der Waals surface area contributed by atoms with E-state index < -0.39 is 0 Å². The summed E-state index contributed by atoms with van der Waals surface area (Å²) < 4.78 is 4.40. The summed E-state index contributed by atoms with van der Waals surface area (Å²) in [5, 5.41) is 0. The van der Waals surface area contributed by atoms with Crippen LogP contribution >= 0.6 is 0 Å². The van der Waals surface area contributed by atoms with E-state index in [1.807, 2.05) is 5.43 Å². The van der Waals surface area contributed by atoms with Crippen LogP contribution in [0.3, 0.4) is 0 Å². The van der Waals surface area contributed by atoms with Crippen LogP contribution in [-0.4, -0.2) is 18.5 Å². The van der Waals surface area contributed by atoms with Crippen molar-refractivity contribution in [3.8, 4) is 0 Å². The van der Waals surface area contributed by atoms with Gasteiger partial charge >= 0.3 is 5.97 Å². The van der Waals surface area contributed by atoms with Gasteiger partial charge in [0.1, 0.15) is 0 Å². The highest BCUT2D eigenvalue weighted by molar-refractivity contribution is 5.71. The molecule has 80 valence electrons. The maximum Gasteiger partial charge on any atom is 0.302 e. The first kappa shape index (κ1) is 17.8. The molecular formula is C6H18N4O3. The molecule has 0 aromatic rings. The van der Waals surface area contributed by atoms with Crippen LogP contribution in [0.2, 0.25) is 0 Å². The zero-order chi connectivity index (χ0) is 11.3. The van der Waals surface area contributed by atoms with Crippen LogP contribution in [0.4, 0.5) is 0 Å². The molecule has 7 heteroatoms. The molecule has 0 aromatic heterocycles. The molecule has 0 aliphatic carbocycles.